The molecule has 5 nitrogen and oxygen atoms in total. The minimum Gasteiger partial charge on any atom is -0.370 e. The van der Waals surface area contributed by atoms with Crippen molar-refractivity contribution in [1.82, 2.24) is 19.9 Å². The molecule has 2 aromatic rings. The summed E-state index contributed by atoms with van der Waals surface area (Å²) in [6.07, 6.45) is 4.06. The molecule has 24 heavy (non-hydrogen) atoms. The van der Waals surface area contributed by atoms with Crippen molar-refractivity contribution in [3.8, 4) is 11.4 Å². The molecule has 8 heteroatoms. The van der Waals surface area contributed by atoms with Gasteiger partial charge >= 0.3 is 0 Å². The fraction of sp³-hybridized carbons (Fsp3) is 0.562. The quantitative estimate of drug-likeness (QED) is 0.492. The first-order chi connectivity index (χ1) is 11.3. The van der Waals surface area contributed by atoms with E-state index in [1.54, 1.807) is 12.3 Å². The van der Waals surface area contributed by atoms with E-state index in [1.165, 1.54) is 12.8 Å². The Hall–Kier alpha value is -0.763. The van der Waals surface area contributed by atoms with Crippen molar-refractivity contribution in [2.24, 2.45) is 5.92 Å². The summed E-state index contributed by atoms with van der Waals surface area (Å²) >= 11 is 9.44. The Morgan fingerprint density at radius 1 is 1.38 bits per heavy atom. The standard InChI is InChI=1S/C16H22BrClN4OSi/c1-24(2,3)9-8-23-13(10-4-5-10)15-21-12(14(17)22-15)11-6-7-19-16(18)20-11/h6-7,10,13H,4-5,8-9H2,1-3H3,(H,21,22). The fourth-order valence-corrected chi connectivity index (χ4v) is 3.84. The van der Waals surface area contributed by atoms with E-state index in [0.717, 1.165) is 28.8 Å². The molecule has 130 valence electrons. The summed E-state index contributed by atoms with van der Waals surface area (Å²) in [5, 5.41) is 0.217. The van der Waals surface area contributed by atoms with E-state index in [9.17, 15) is 0 Å². The van der Waals surface area contributed by atoms with Gasteiger partial charge in [-0.3, -0.25) is 0 Å². The maximum Gasteiger partial charge on any atom is 0.222 e. The lowest BCUT2D eigenvalue weighted by Crippen LogP contribution is -2.23. The number of imidazole rings is 1. The molecule has 0 saturated heterocycles. The smallest absolute Gasteiger partial charge is 0.222 e. The molecule has 0 bridgehead atoms. The molecular weight excluding hydrogens is 408 g/mol. The minimum atomic E-state index is -1.10. The van der Waals surface area contributed by atoms with Crippen molar-refractivity contribution >= 4 is 35.6 Å². The van der Waals surface area contributed by atoms with Crippen LogP contribution in [0.15, 0.2) is 16.9 Å². The van der Waals surface area contributed by atoms with Gasteiger partial charge in [0.2, 0.25) is 5.28 Å². The van der Waals surface area contributed by atoms with Crippen molar-refractivity contribution in [2.75, 3.05) is 6.61 Å². The van der Waals surface area contributed by atoms with Crippen LogP contribution in [0.4, 0.5) is 0 Å². The Labute approximate surface area is 156 Å². The van der Waals surface area contributed by atoms with Gasteiger partial charge in [-0.05, 0) is 58.4 Å². The lowest BCUT2D eigenvalue weighted by Gasteiger charge is -2.19. The number of aromatic nitrogens is 4. The van der Waals surface area contributed by atoms with Gasteiger partial charge in [0.05, 0.1) is 5.69 Å². The fourth-order valence-electron chi connectivity index (χ4n) is 2.47. The number of hydrogen-bond donors (Lipinski definition) is 1. The molecule has 2 heterocycles. The number of nitrogens with one attached hydrogen (secondary N) is 1. The highest BCUT2D eigenvalue weighted by Crippen LogP contribution is 2.43. The second kappa shape index (κ2) is 7.23. The van der Waals surface area contributed by atoms with E-state index in [2.05, 4.69) is 50.5 Å². The van der Waals surface area contributed by atoms with Crippen LogP contribution in [0, 0.1) is 5.92 Å². The number of hydrogen-bond acceptors (Lipinski definition) is 4. The molecule has 0 aromatic carbocycles. The van der Waals surface area contributed by atoms with Gasteiger partial charge in [-0.1, -0.05) is 19.6 Å². The van der Waals surface area contributed by atoms with Crippen molar-refractivity contribution in [3.63, 3.8) is 0 Å². The molecule has 1 aliphatic carbocycles. The Kier molecular flexibility index (Phi) is 5.44. The van der Waals surface area contributed by atoms with Crippen LogP contribution in [0.3, 0.4) is 0 Å². The van der Waals surface area contributed by atoms with Crippen molar-refractivity contribution in [2.45, 2.75) is 44.6 Å². The van der Waals surface area contributed by atoms with E-state index in [1.807, 2.05) is 0 Å². The minimum absolute atomic E-state index is 0.0312. The SMILES string of the molecule is C[Si](C)(C)CCOC(c1nc(-c2ccnc(Cl)n2)c(Br)[nH]1)C1CC1. The number of nitrogens with zero attached hydrogens (tertiary/aromatic N) is 3. The summed E-state index contributed by atoms with van der Waals surface area (Å²) in [5.74, 6) is 1.43. The third kappa shape index (κ3) is 4.65. The summed E-state index contributed by atoms with van der Waals surface area (Å²) in [4.78, 5) is 16.2. The molecule has 1 aliphatic rings. The van der Waals surface area contributed by atoms with Crippen LogP contribution in [0.25, 0.3) is 11.4 Å². The predicted octanol–water partition coefficient (Wildman–Crippen LogP) is 5.09. The van der Waals surface area contributed by atoms with Crippen LogP contribution in [0.5, 0.6) is 0 Å². The van der Waals surface area contributed by atoms with Crippen LogP contribution in [-0.2, 0) is 4.74 Å². The molecule has 0 amide bonds. The van der Waals surface area contributed by atoms with Gasteiger partial charge in [-0.25, -0.2) is 15.0 Å². The number of rotatable bonds is 7. The normalized spacial score (nSPS) is 16.4. The second-order valence-corrected chi connectivity index (χ2v) is 14.2. The topological polar surface area (TPSA) is 63.7 Å². The number of aromatic amines is 1. The first kappa shape index (κ1) is 18.0. The van der Waals surface area contributed by atoms with Crippen LogP contribution in [-0.4, -0.2) is 34.6 Å². The summed E-state index contributed by atoms with van der Waals surface area (Å²) < 4.78 is 7.02. The van der Waals surface area contributed by atoms with Crippen LogP contribution in [0.2, 0.25) is 31.0 Å². The maximum absolute atomic E-state index is 6.22. The monoisotopic (exact) mass is 428 g/mol. The average molecular weight is 430 g/mol. The largest absolute Gasteiger partial charge is 0.370 e. The van der Waals surface area contributed by atoms with E-state index in [-0.39, 0.29) is 11.4 Å². The van der Waals surface area contributed by atoms with E-state index < -0.39 is 8.07 Å². The molecule has 1 fully saturated rings. The summed E-state index contributed by atoms with van der Waals surface area (Å²) in [7, 11) is -1.10. The number of halogens is 2. The number of ether oxygens (including phenoxy) is 1. The van der Waals surface area contributed by atoms with Crippen LogP contribution < -0.4 is 0 Å². The van der Waals surface area contributed by atoms with E-state index in [4.69, 9.17) is 21.3 Å². The summed E-state index contributed by atoms with van der Waals surface area (Å²) in [5.41, 5.74) is 1.44. The van der Waals surface area contributed by atoms with E-state index in [0.29, 0.717) is 11.6 Å². The first-order valence-electron chi connectivity index (χ1n) is 8.19. The van der Waals surface area contributed by atoms with Crippen molar-refractivity contribution in [3.05, 3.63) is 28.0 Å². The van der Waals surface area contributed by atoms with Gasteiger partial charge in [0.25, 0.3) is 0 Å². The average Bonchev–Trinajstić information content (AvgIpc) is 3.25. The molecule has 1 atom stereocenters. The van der Waals surface area contributed by atoms with Gasteiger partial charge < -0.3 is 9.72 Å². The van der Waals surface area contributed by atoms with Crippen molar-refractivity contribution in [1.29, 1.82) is 0 Å². The second-order valence-electron chi connectivity index (χ2n) is 7.44. The lowest BCUT2D eigenvalue weighted by atomic mass is 10.2. The van der Waals surface area contributed by atoms with E-state index >= 15 is 0 Å². The van der Waals surface area contributed by atoms with Gasteiger partial charge in [0.15, 0.2) is 0 Å². The highest BCUT2D eigenvalue weighted by molar-refractivity contribution is 9.10. The molecule has 0 aliphatic heterocycles. The van der Waals surface area contributed by atoms with Gasteiger partial charge in [0, 0.05) is 20.9 Å². The molecule has 0 radical (unpaired) electrons. The molecule has 1 saturated carbocycles. The predicted molar refractivity (Wildman–Crippen MR) is 102 cm³/mol. The Morgan fingerprint density at radius 2 is 2.12 bits per heavy atom. The molecule has 0 spiro atoms. The zero-order chi connectivity index (χ0) is 17.3. The van der Waals surface area contributed by atoms with Crippen LogP contribution in [0.1, 0.15) is 24.8 Å². The molecule has 1 N–H and O–H groups in total. The Balaban J connectivity index is 1.78. The third-order valence-corrected chi connectivity index (χ3v) is 6.48. The summed E-state index contributed by atoms with van der Waals surface area (Å²) in [6.45, 7) is 7.89. The molecule has 2 aromatic heterocycles. The summed E-state index contributed by atoms with van der Waals surface area (Å²) in [6, 6.07) is 2.96. The highest BCUT2D eigenvalue weighted by Gasteiger charge is 2.36. The number of H-pyrrole nitrogens is 1. The third-order valence-electron chi connectivity index (χ3n) is 4.02. The maximum atomic E-state index is 6.22. The molecular formula is C16H22BrClN4OSi. The lowest BCUT2D eigenvalue weighted by molar-refractivity contribution is 0.0401. The van der Waals surface area contributed by atoms with Gasteiger partial charge in [-0.2, -0.15) is 0 Å². The van der Waals surface area contributed by atoms with Crippen LogP contribution >= 0.6 is 27.5 Å². The zero-order valence-corrected chi connectivity index (χ0v) is 17.5. The zero-order valence-electron chi connectivity index (χ0n) is 14.1. The van der Waals surface area contributed by atoms with Gasteiger partial charge in [0.1, 0.15) is 22.2 Å². The Morgan fingerprint density at radius 3 is 2.75 bits per heavy atom. The van der Waals surface area contributed by atoms with Crippen molar-refractivity contribution < 1.29 is 4.74 Å². The highest BCUT2D eigenvalue weighted by atomic mass is 79.9. The molecule has 1 unspecified atom stereocenters. The Bertz CT molecular complexity index is 714. The first-order valence-corrected chi connectivity index (χ1v) is 13.1. The van der Waals surface area contributed by atoms with Gasteiger partial charge in [-0.15, -0.1) is 0 Å². The molecule has 3 rings (SSSR count).